The molecule has 0 aliphatic carbocycles. The molecule has 0 saturated carbocycles. The SMILES string of the molecule is CC(C)COC(=O)[C@H](Cc1ccc(OCC(C)C)cc1)NC(=O)[C@H]1O[C@@H]1C(=O)O. The Hall–Kier alpha value is -2.61. The fraction of sp³-hybridized carbons (Fsp3) is 0.571. The Kier molecular flexibility index (Phi) is 8.01. The maximum atomic E-state index is 12.5. The van der Waals surface area contributed by atoms with E-state index in [0.717, 1.165) is 11.3 Å². The summed E-state index contributed by atoms with van der Waals surface area (Å²) >= 11 is 0. The van der Waals surface area contributed by atoms with Crippen molar-refractivity contribution in [3.05, 3.63) is 29.8 Å². The predicted octanol–water partition coefficient (Wildman–Crippen LogP) is 1.80. The second-order valence-corrected chi connectivity index (χ2v) is 7.95. The average molecular weight is 407 g/mol. The van der Waals surface area contributed by atoms with Gasteiger partial charge in [-0.1, -0.05) is 39.8 Å². The number of rotatable bonds is 11. The van der Waals surface area contributed by atoms with Crippen molar-refractivity contribution in [1.82, 2.24) is 5.32 Å². The molecule has 0 spiro atoms. The van der Waals surface area contributed by atoms with Gasteiger partial charge in [0.1, 0.15) is 11.8 Å². The first-order valence-corrected chi connectivity index (χ1v) is 9.74. The smallest absolute Gasteiger partial charge is 0.336 e. The van der Waals surface area contributed by atoms with Crippen molar-refractivity contribution in [3.8, 4) is 5.75 Å². The molecule has 1 aliphatic rings. The fourth-order valence-corrected chi connectivity index (χ4v) is 2.52. The van der Waals surface area contributed by atoms with Gasteiger partial charge in [0.25, 0.3) is 5.91 Å². The van der Waals surface area contributed by atoms with Crippen molar-refractivity contribution < 1.29 is 33.7 Å². The van der Waals surface area contributed by atoms with Crippen LogP contribution >= 0.6 is 0 Å². The molecule has 1 heterocycles. The van der Waals surface area contributed by atoms with Crippen molar-refractivity contribution >= 4 is 17.8 Å². The molecule has 1 amide bonds. The van der Waals surface area contributed by atoms with Crippen molar-refractivity contribution in [2.75, 3.05) is 13.2 Å². The summed E-state index contributed by atoms with van der Waals surface area (Å²) in [5, 5.41) is 11.4. The van der Waals surface area contributed by atoms with Gasteiger partial charge in [-0.3, -0.25) is 4.79 Å². The summed E-state index contributed by atoms with van der Waals surface area (Å²) in [7, 11) is 0. The molecule has 0 bridgehead atoms. The molecule has 0 radical (unpaired) electrons. The first kappa shape index (κ1) is 22.7. The van der Waals surface area contributed by atoms with Gasteiger partial charge in [-0.25, -0.2) is 9.59 Å². The third-order valence-corrected chi connectivity index (χ3v) is 4.10. The van der Waals surface area contributed by atoms with E-state index in [1.807, 2.05) is 26.0 Å². The molecule has 3 atom stereocenters. The Morgan fingerprint density at radius 1 is 1.03 bits per heavy atom. The van der Waals surface area contributed by atoms with Gasteiger partial charge in [0.15, 0.2) is 12.2 Å². The van der Waals surface area contributed by atoms with Gasteiger partial charge in [0.2, 0.25) is 0 Å². The summed E-state index contributed by atoms with van der Waals surface area (Å²) in [6.07, 6.45) is -2.04. The zero-order valence-electron chi connectivity index (χ0n) is 17.2. The highest BCUT2D eigenvalue weighted by atomic mass is 16.6. The third-order valence-electron chi connectivity index (χ3n) is 4.10. The number of benzene rings is 1. The zero-order chi connectivity index (χ0) is 21.6. The number of aliphatic carboxylic acids is 1. The maximum absolute atomic E-state index is 12.5. The minimum absolute atomic E-state index is 0.149. The molecule has 160 valence electrons. The van der Waals surface area contributed by atoms with Gasteiger partial charge in [-0.2, -0.15) is 0 Å². The number of carbonyl (C=O) groups excluding carboxylic acids is 2. The number of carboxylic acid groups (broad SMARTS) is 1. The van der Waals surface area contributed by atoms with E-state index in [1.165, 1.54) is 0 Å². The van der Waals surface area contributed by atoms with E-state index in [1.54, 1.807) is 12.1 Å². The lowest BCUT2D eigenvalue weighted by molar-refractivity contribution is -0.149. The Bertz CT molecular complexity index is 714. The largest absolute Gasteiger partial charge is 0.493 e. The molecule has 1 fully saturated rings. The van der Waals surface area contributed by atoms with Gasteiger partial charge in [-0.05, 0) is 29.5 Å². The van der Waals surface area contributed by atoms with Gasteiger partial charge >= 0.3 is 11.9 Å². The summed E-state index contributed by atoms with van der Waals surface area (Å²) < 4.78 is 15.8. The molecule has 8 nitrogen and oxygen atoms in total. The van der Waals surface area contributed by atoms with E-state index >= 15 is 0 Å². The minimum Gasteiger partial charge on any atom is -0.493 e. The number of nitrogens with one attached hydrogen (secondary N) is 1. The van der Waals surface area contributed by atoms with Crippen LogP contribution in [0, 0.1) is 11.8 Å². The van der Waals surface area contributed by atoms with E-state index in [2.05, 4.69) is 19.2 Å². The molecule has 1 aromatic carbocycles. The van der Waals surface area contributed by atoms with E-state index in [-0.39, 0.29) is 18.9 Å². The fourth-order valence-electron chi connectivity index (χ4n) is 2.52. The standard InChI is InChI=1S/C21H29NO7/c1-12(2)10-27-15-7-5-14(6-8-15)9-16(21(26)28-11-13(3)4)22-19(23)17-18(29-17)20(24)25/h5-8,12-13,16-18H,9-11H2,1-4H3,(H,22,23)(H,24,25)/t16-,17-,18-/m0/s1. The van der Waals surface area contributed by atoms with Crippen LogP contribution in [0.25, 0.3) is 0 Å². The normalized spacial score (nSPS) is 19.0. The summed E-state index contributed by atoms with van der Waals surface area (Å²) in [6, 6.07) is 6.31. The van der Waals surface area contributed by atoms with Crippen LogP contribution in [0.1, 0.15) is 33.3 Å². The number of hydrogen-bond acceptors (Lipinski definition) is 6. The van der Waals surface area contributed by atoms with Gasteiger partial charge in [0, 0.05) is 6.42 Å². The van der Waals surface area contributed by atoms with E-state index in [9.17, 15) is 14.4 Å². The van der Waals surface area contributed by atoms with Crippen LogP contribution in [0.5, 0.6) is 5.75 Å². The Labute approximate surface area is 170 Å². The van der Waals surface area contributed by atoms with E-state index in [4.69, 9.17) is 19.3 Å². The number of carboxylic acids is 1. The zero-order valence-corrected chi connectivity index (χ0v) is 17.2. The van der Waals surface area contributed by atoms with Crippen LogP contribution < -0.4 is 10.1 Å². The minimum atomic E-state index is -1.21. The highest BCUT2D eigenvalue weighted by Gasteiger charge is 2.51. The number of epoxide rings is 1. The Morgan fingerprint density at radius 2 is 1.66 bits per heavy atom. The number of hydrogen-bond donors (Lipinski definition) is 2. The molecule has 1 aromatic rings. The monoisotopic (exact) mass is 407 g/mol. The molecule has 2 N–H and O–H groups in total. The average Bonchev–Trinajstić information content (AvgIpc) is 3.46. The molecule has 2 rings (SSSR count). The second-order valence-electron chi connectivity index (χ2n) is 7.95. The maximum Gasteiger partial charge on any atom is 0.336 e. The molecule has 8 heteroatoms. The lowest BCUT2D eigenvalue weighted by Crippen LogP contribution is -2.46. The Balaban J connectivity index is 2.01. The van der Waals surface area contributed by atoms with Crippen LogP contribution in [0.3, 0.4) is 0 Å². The molecule has 1 saturated heterocycles. The molecule has 0 unspecified atom stereocenters. The summed E-state index contributed by atoms with van der Waals surface area (Å²) in [4.78, 5) is 35.6. The first-order valence-electron chi connectivity index (χ1n) is 9.74. The van der Waals surface area contributed by atoms with Crippen LogP contribution in [0.2, 0.25) is 0 Å². The lowest BCUT2D eigenvalue weighted by atomic mass is 10.1. The van der Waals surface area contributed by atoms with E-state index in [0.29, 0.717) is 12.5 Å². The van der Waals surface area contributed by atoms with Crippen LogP contribution in [-0.2, 0) is 30.3 Å². The third kappa shape index (κ3) is 7.38. The Morgan fingerprint density at radius 3 is 2.17 bits per heavy atom. The van der Waals surface area contributed by atoms with Crippen molar-refractivity contribution in [2.24, 2.45) is 11.8 Å². The summed E-state index contributed by atoms with van der Waals surface area (Å²) in [6.45, 7) is 8.76. The lowest BCUT2D eigenvalue weighted by Gasteiger charge is -2.18. The van der Waals surface area contributed by atoms with Crippen LogP contribution in [-0.4, -0.2) is 54.4 Å². The molecule has 0 aromatic heterocycles. The number of esters is 1. The van der Waals surface area contributed by atoms with Crippen molar-refractivity contribution in [3.63, 3.8) is 0 Å². The first-order chi connectivity index (χ1) is 13.7. The highest BCUT2D eigenvalue weighted by molar-refractivity contribution is 5.94. The number of amides is 1. The quantitative estimate of drug-likeness (QED) is 0.425. The highest BCUT2D eigenvalue weighted by Crippen LogP contribution is 2.23. The number of carbonyl (C=O) groups is 3. The summed E-state index contributed by atoms with van der Waals surface area (Å²) in [5.74, 6) is -1.14. The van der Waals surface area contributed by atoms with Crippen LogP contribution in [0.4, 0.5) is 0 Å². The van der Waals surface area contributed by atoms with Crippen molar-refractivity contribution in [1.29, 1.82) is 0 Å². The topological polar surface area (TPSA) is 114 Å². The van der Waals surface area contributed by atoms with E-state index < -0.39 is 36.1 Å². The van der Waals surface area contributed by atoms with Gasteiger partial charge in [0.05, 0.1) is 13.2 Å². The molecule has 1 aliphatic heterocycles. The molecular formula is C21H29NO7. The second kappa shape index (κ2) is 10.2. The van der Waals surface area contributed by atoms with Crippen molar-refractivity contribution in [2.45, 2.75) is 52.4 Å². The predicted molar refractivity (Wildman–Crippen MR) is 105 cm³/mol. The summed E-state index contributed by atoms with van der Waals surface area (Å²) in [5.41, 5.74) is 0.806. The van der Waals surface area contributed by atoms with Crippen LogP contribution in [0.15, 0.2) is 24.3 Å². The molecule has 29 heavy (non-hydrogen) atoms. The van der Waals surface area contributed by atoms with Gasteiger partial charge < -0.3 is 24.6 Å². The molecular weight excluding hydrogens is 378 g/mol. The number of ether oxygens (including phenoxy) is 3. The van der Waals surface area contributed by atoms with Gasteiger partial charge in [-0.15, -0.1) is 0 Å².